The van der Waals surface area contributed by atoms with Crippen LogP contribution in [0.3, 0.4) is 0 Å². The Morgan fingerprint density at radius 1 is 0.824 bits per heavy atom. The maximum absolute atomic E-state index is 14.1. The first kappa shape index (κ1) is 21.7. The molecule has 4 aromatic carbocycles. The molecule has 1 aromatic heterocycles. The van der Waals surface area contributed by atoms with Crippen LogP contribution in [-0.2, 0) is 12.8 Å². The molecule has 7 heteroatoms. The lowest BCUT2D eigenvalue weighted by atomic mass is 9.96. The molecule has 0 spiro atoms. The van der Waals surface area contributed by atoms with Crippen LogP contribution in [-0.4, -0.2) is 0 Å². The summed E-state index contributed by atoms with van der Waals surface area (Å²) in [7, 11) is 0. The third-order valence-corrected chi connectivity index (χ3v) is 5.53. The van der Waals surface area contributed by atoms with Crippen molar-refractivity contribution in [2.75, 3.05) is 0 Å². The van der Waals surface area contributed by atoms with Crippen molar-refractivity contribution in [2.24, 2.45) is 0 Å². The zero-order chi connectivity index (χ0) is 23.9. The molecule has 0 atom stereocenters. The van der Waals surface area contributed by atoms with Gasteiger partial charge < -0.3 is 9.15 Å². The largest absolute Gasteiger partial charge is 0.489 e. The molecule has 0 fully saturated rings. The van der Waals surface area contributed by atoms with E-state index in [1.54, 1.807) is 42.5 Å². The van der Waals surface area contributed by atoms with Crippen molar-refractivity contribution >= 4 is 21.7 Å². The van der Waals surface area contributed by atoms with E-state index in [4.69, 9.17) is 9.15 Å². The van der Waals surface area contributed by atoms with E-state index in [1.165, 1.54) is 42.5 Å². The van der Waals surface area contributed by atoms with Gasteiger partial charge in [-0.2, -0.15) is 13.2 Å². The summed E-state index contributed by atoms with van der Waals surface area (Å²) in [4.78, 5) is 13.3. The van der Waals surface area contributed by atoms with Gasteiger partial charge in [0.1, 0.15) is 23.8 Å². The first-order valence-electron chi connectivity index (χ1n) is 10.4. The average Bonchev–Trinajstić information content (AvgIpc) is 2.82. The van der Waals surface area contributed by atoms with Gasteiger partial charge >= 0.3 is 6.18 Å². The predicted octanol–water partition coefficient (Wildman–Crippen LogP) is 7.35. The SMILES string of the molecule is O=c1c(-c2cccc3ccccc23)c(C(F)(F)F)oc2cc(OCc3ccccc3F)ccc12. The third kappa shape index (κ3) is 3.90. The summed E-state index contributed by atoms with van der Waals surface area (Å²) >= 11 is 0. The molecule has 0 aliphatic heterocycles. The Bertz CT molecular complexity index is 1580. The monoisotopic (exact) mass is 464 g/mol. The summed E-state index contributed by atoms with van der Waals surface area (Å²) in [6.07, 6.45) is -4.91. The molecule has 0 amide bonds. The van der Waals surface area contributed by atoms with Crippen LogP contribution < -0.4 is 10.2 Å². The maximum Gasteiger partial charge on any atom is 0.450 e. The Labute approximate surface area is 190 Å². The minimum atomic E-state index is -4.91. The van der Waals surface area contributed by atoms with E-state index in [-0.39, 0.29) is 34.5 Å². The summed E-state index contributed by atoms with van der Waals surface area (Å²) in [6.45, 7) is -0.136. The highest BCUT2D eigenvalue weighted by molar-refractivity contribution is 5.98. The van der Waals surface area contributed by atoms with Gasteiger partial charge in [-0.05, 0) is 34.5 Å². The van der Waals surface area contributed by atoms with Gasteiger partial charge in [0.15, 0.2) is 0 Å². The first-order valence-corrected chi connectivity index (χ1v) is 10.4. The molecule has 0 aliphatic rings. The van der Waals surface area contributed by atoms with Crippen molar-refractivity contribution < 1.29 is 26.7 Å². The number of halogens is 4. The summed E-state index contributed by atoms with van der Waals surface area (Å²) < 4.78 is 66.8. The van der Waals surface area contributed by atoms with Crippen molar-refractivity contribution in [3.05, 3.63) is 112 Å². The molecular weight excluding hydrogens is 448 g/mol. The van der Waals surface area contributed by atoms with Crippen molar-refractivity contribution in [3.63, 3.8) is 0 Å². The first-order chi connectivity index (χ1) is 16.3. The third-order valence-electron chi connectivity index (χ3n) is 5.53. The Morgan fingerprint density at radius 3 is 2.35 bits per heavy atom. The lowest BCUT2D eigenvalue weighted by Crippen LogP contribution is -2.16. The minimum absolute atomic E-state index is 0.0193. The fourth-order valence-corrected chi connectivity index (χ4v) is 3.93. The molecule has 1 heterocycles. The van der Waals surface area contributed by atoms with Gasteiger partial charge in [0.05, 0.1) is 10.9 Å². The van der Waals surface area contributed by atoms with Crippen LogP contribution >= 0.6 is 0 Å². The van der Waals surface area contributed by atoms with Gasteiger partial charge in [-0.25, -0.2) is 4.39 Å². The maximum atomic E-state index is 14.1. The van der Waals surface area contributed by atoms with Crippen LogP contribution in [0.5, 0.6) is 5.75 Å². The van der Waals surface area contributed by atoms with Crippen LogP contribution in [0, 0.1) is 5.82 Å². The number of ether oxygens (including phenoxy) is 1. The Morgan fingerprint density at radius 2 is 1.56 bits per heavy atom. The van der Waals surface area contributed by atoms with Crippen molar-refractivity contribution in [3.8, 4) is 16.9 Å². The van der Waals surface area contributed by atoms with Crippen LogP contribution in [0.4, 0.5) is 17.6 Å². The molecule has 0 saturated carbocycles. The highest BCUT2D eigenvalue weighted by atomic mass is 19.4. The molecule has 0 unspecified atom stereocenters. The molecule has 5 rings (SSSR count). The second-order valence-corrected chi connectivity index (χ2v) is 7.70. The molecule has 170 valence electrons. The Balaban J connectivity index is 1.66. The fraction of sp³-hybridized carbons (Fsp3) is 0.0741. The fourth-order valence-electron chi connectivity index (χ4n) is 3.93. The van der Waals surface area contributed by atoms with Crippen LogP contribution in [0.1, 0.15) is 11.3 Å². The molecule has 0 radical (unpaired) electrons. The summed E-state index contributed by atoms with van der Waals surface area (Å²) in [5.74, 6) is -1.70. The highest BCUT2D eigenvalue weighted by Crippen LogP contribution is 2.39. The van der Waals surface area contributed by atoms with E-state index in [9.17, 15) is 22.4 Å². The quantitative estimate of drug-likeness (QED) is 0.261. The number of hydrogen-bond donors (Lipinski definition) is 0. The van der Waals surface area contributed by atoms with Gasteiger partial charge in [0, 0.05) is 11.6 Å². The summed E-state index contributed by atoms with van der Waals surface area (Å²) in [5, 5.41) is 1.19. The lowest BCUT2D eigenvalue weighted by Gasteiger charge is -2.15. The second kappa shape index (κ2) is 8.33. The number of benzene rings is 4. The number of hydrogen-bond acceptors (Lipinski definition) is 3. The smallest absolute Gasteiger partial charge is 0.450 e. The molecule has 34 heavy (non-hydrogen) atoms. The second-order valence-electron chi connectivity index (χ2n) is 7.70. The lowest BCUT2D eigenvalue weighted by molar-refractivity contribution is -0.152. The average molecular weight is 464 g/mol. The van der Waals surface area contributed by atoms with Crippen LogP contribution in [0.15, 0.2) is 94.1 Å². The molecule has 0 saturated heterocycles. The van der Waals surface area contributed by atoms with Crippen molar-refractivity contribution in [1.82, 2.24) is 0 Å². The predicted molar refractivity (Wildman–Crippen MR) is 121 cm³/mol. The molecule has 0 bridgehead atoms. The van der Waals surface area contributed by atoms with Gasteiger partial charge in [0.25, 0.3) is 0 Å². The van der Waals surface area contributed by atoms with E-state index < -0.39 is 28.7 Å². The molecule has 0 aliphatic carbocycles. The Hall–Kier alpha value is -4.13. The zero-order valence-corrected chi connectivity index (χ0v) is 17.5. The van der Waals surface area contributed by atoms with Crippen LogP contribution in [0.2, 0.25) is 0 Å². The van der Waals surface area contributed by atoms with E-state index in [2.05, 4.69) is 0 Å². The highest BCUT2D eigenvalue weighted by Gasteiger charge is 2.39. The van der Waals surface area contributed by atoms with E-state index >= 15 is 0 Å². The molecule has 0 N–H and O–H groups in total. The van der Waals surface area contributed by atoms with Gasteiger partial charge in [-0.15, -0.1) is 0 Å². The number of rotatable bonds is 4. The number of alkyl halides is 3. The molecular formula is C27H16F4O3. The van der Waals surface area contributed by atoms with Gasteiger partial charge in [0.2, 0.25) is 11.2 Å². The molecule has 5 aromatic rings. The van der Waals surface area contributed by atoms with Crippen molar-refractivity contribution in [2.45, 2.75) is 12.8 Å². The van der Waals surface area contributed by atoms with E-state index in [0.717, 1.165) is 0 Å². The molecule has 3 nitrogen and oxygen atoms in total. The van der Waals surface area contributed by atoms with Crippen LogP contribution in [0.25, 0.3) is 32.9 Å². The summed E-state index contributed by atoms with van der Waals surface area (Å²) in [5.41, 5.74) is -1.19. The van der Waals surface area contributed by atoms with E-state index in [1.807, 2.05) is 0 Å². The Kier molecular flexibility index (Phi) is 5.32. The standard InChI is InChI=1S/C27H16F4O3/c28-22-11-4-2-7-17(22)15-33-18-12-13-21-23(14-18)34-26(27(29,30)31)24(25(21)32)20-10-5-8-16-6-1-3-9-19(16)20/h1-14H,15H2. The number of fused-ring (bicyclic) bond motifs is 2. The normalized spacial score (nSPS) is 11.8. The topological polar surface area (TPSA) is 39.4 Å². The minimum Gasteiger partial charge on any atom is -0.489 e. The van der Waals surface area contributed by atoms with Gasteiger partial charge in [-0.3, -0.25) is 4.79 Å². The summed E-state index contributed by atoms with van der Waals surface area (Å²) in [6, 6.07) is 21.7. The van der Waals surface area contributed by atoms with E-state index in [0.29, 0.717) is 10.8 Å². The van der Waals surface area contributed by atoms with Crippen molar-refractivity contribution in [1.29, 1.82) is 0 Å². The zero-order valence-electron chi connectivity index (χ0n) is 17.5. The van der Waals surface area contributed by atoms with Gasteiger partial charge in [-0.1, -0.05) is 60.7 Å².